The van der Waals surface area contributed by atoms with Gasteiger partial charge >= 0.3 is 0 Å². The number of hydrogen-bond acceptors (Lipinski definition) is 3. The largest absolute Gasteiger partial charge is 0.396 e. The summed E-state index contributed by atoms with van der Waals surface area (Å²) in [6.45, 7) is 3.27. The fourth-order valence-corrected chi connectivity index (χ4v) is 4.59. The van der Waals surface area contributed by atoms with Crippen molar-refractivity contribution in [2.24, 2.45) is 23.2 Å². The number of carbonyl (C=O) groups excluding carboxylic acids is 1. The van der Waals surface area contributed by atoms with Crippen LogP contribution in [0.2, 0.25) is 0 Å². The van der Waals surface area contributed by atoms with Crippen molar-refractivity contribution in [3.63, 3.8) is 0 Å². The maximum atomic E-state index is 12.4. The minimum absolute atomic E-state index is 0.184. The maximum Gasteiger partial charge on any atom is 0.223 e. The zero-order valence-electron chi connectivity index (χ0n) is 13.1. The van der Waals surface area contributed by atoms with Crippen LogP contribution in [0.3, 0.4) is 0 Å². The molecule has 0 aromatic heterocycles. The molecule has 0 aromatic rings. The van der Waals surface area contributed by atoms with Crippen molar-refractivity contribution in [2.75, 3.05) is 26.2 Å². The first kappa shape index (κ1) is 15.3. The Morgan fingerprint density at radius 1 is 1.24 bits per heavy atom. The van der Waals surface area contributed by atoms with E-state index in [1.54, 1.807) is 0 Å². The summed E-state index contributed by atoms with van der Waals surface area (Å²) >= 11 is 0. The molecule has 1 amide bonds. The molecule has 1 aliphatic heterocycles. The summed E-state index contributed by atoms with van der Waals surface area (Å²) in [6, 6.07) is 0. The molecule has 3 fully saturated rings. The molecular weight excluding hydrogens is 264 g/mol. The summed E-state index contributed by atoms with van der Waals surface area (Å²) in [4.78, 5) is 12.4. The van der Waals surface area contributed by atoms with Gasteiger partial charge in [0.05, 0.1) is 0 Å². The fourth-order valence-electron chi connectivity index (χ4n) is 4.59. The van der Waals surface area contributed by atoms with E-state index in [9.17, 15) is 9.90 Å². The van der Waals surface area contributed by atoms with Crippen LogP contribution in [0.1, 0.15) is 51.4 Å². The van der Waals surface area contributed by atoms with Crippen molar-refractivity contribution >= 4 is 5.91 Å². The van der Waals surface area contributed by atoms with E-state index in [4.69, 9.17) is 0 Å². The Morgan fingerprint density at radius 3 is 2.62 bits per heavy atom. The van der Waals surface area contributed by atoms with Gasteiger partial charge in [0.15, 0.2) is 0 Å². The van der Waals surface area contributed by atoms with Gasteiger partial charge in [0.2, 0.25) is 5.91 Å². The normalized spacial score (nSPS) is 32.0. The predicted octanol–water partition coefficient (Wildman–Crippen LogP) is 1.68. The lowest BCUT2D eigenvalue weighted by Crippen LogP contribution is -2.38. The number of piperidine rings is 1. The second kappa shape index (κ2) is 6.66. The topological polar surface area (TPSA) is 61.4 Å². The van der Waals surface area contributed by atoms with E-state index in [0.717, 1.165) is 51.2 Å². The first-order valence-electron chi connectivity index (χ1n) is 8.83. The zero-order valence-corrected chi connectivity index (χ0v) is 13.1. The molecule has 3 N–H and O–H groups in total. The Kier molecular flexibility index (Phi) is 4.85. The van der Waals surface area contributed by atoms with Crippen LogP contribution in [0.4, 0.5) is 0 Å². The summed E-state index contributed by atoms with van der Waals surface area (Å²) in [5.74, 6) is 1.97. The Labute approximate surface area is 128 Å². The molecule has 4 nitrogen and oxygen atoms in total. The summed E-state index contributed by atoms with van der Waals surface area (Å²) < 4.78 is 0. The lowest BCUT2D eigenvalue weighted by atomic mass is 9.83. The van der Waals surface area contributed by atoms with Gasteiger partial charge in [-0.3, -0.25) is 4.79 Å². The predicted molar refractivity (Wildman–Crippen MR) is 82.8 cm³/mol. The number of carbonyl (C=O) groups is 1. The number of aliphatic hydroxyl groups excluding tert-OH is 1. The van der Waals surface area contributed by atoms with Crippen molar-refractivity contribution in [1.82, 2.24) is 10.6 Å². The van der Waals surface area contributed by atoms with E-state index in [1.165, 1.54) is 25.7 Å². The summed E-state index contributed by atoms with van der Waals surface area (Å²) in [7, 11) is 0. The minimum atomic E-state index is 0.184. The van der Waals surface area contributed by atoms with Crippen molar-refractivity contribution in [3.8, 4) is 0 Å². The molecule has 1 heterocycles. The summed E-state index contributed by atoms with van der Waals surface area (Å²) in [5.41, 5.74) is 0.184. The fraction of sp³-hybridized carbons (Fsp3) is 0.941. The molecule has 0 bridgehead atoms. The Hall–Kier alpha value is -0.610. The molecule has 2 aliphatic carbocycles. The molecule has 21 heavy (non-hydrogen) atoms. The van der Waals surface area contributed by atoms with Gasteiger partial charge in [-0.25, -0.2) is 0 Å². The molecule has 0 aromatic carbocycles. The van der Waals surface area contributed by atoms with Crippen LogP contribution < -0.4 is 10.6 Å². The number of rotatable bonds is 6. The third-order valence-electron chi connectivity index (χ3n) is 6.11. The first-order valence-corrected chi connectivity index (χ1v) is 8.83. The van der Waals surface area contributed by atoms with Gasteiger partial charge in [0, 0.05) is 19.1 Å². The van der Waals surface area contributed by atoms with Gasteiger partial charge in [-0.15, -0.1) is 0 Å². The van der Waals surface area contributed by atoms with Crippen LogP contribution in [0, 0.1) is 23.2 Å². The monoisotopic (exact) mass is 294 g/mol. The van der Waals surface area contributed by atoms with Crippen molar-refractivity contribution < 1.29 is 9.90 Å². The van der Waals surface area contributed by atoms with E-state index in [2.05, 4.69) is 10.6 Å². The molecule has 0 spiro atoms. The second-order valence-corrected chi connectivity index (χ2v) is 7.49. The van der Waals surface area contributed by atoms with Crippen molar-refractivity contribution in [2.45, 2.75) is 51.4 Å². The number of aliphatic hydroxyl groups is 1. The van der Waals surface area contributed by atoms with Crippen molar-refractivity contribution in [3.05, 3.63) is 0 Å². The Balaban J connectivity index is 1.44. The van der Waals surface area contributed by atoms with E-state index in [-0.39, 0.29) is 23.8 Å². The highest BCUT2D eigenvalue weighted by atomic mass is 16.3. The van der Waals surface area contributed by atoms with Crippen molar-refractivity contribution in [1.29, 1.82) is 0 Å². The summed E-state index contributed by atoms with van der Waals surface area (Å²) in [5, 5.41) is 15.9. The van der Waals surface area contributed by atoms with E-state index in [0.29, 0.717) is 5.92 Å². The molecular formula is C17H30N2O2. The third-order valence-corrected chi connectivity index (χ3v) is 6.11. The van der Waals surface area contributed by atoms with Gasteiger partial charge in [-0.1, -0.05) is 12.8 Å². The standard InChI is InChI=1S/C17H30N2O2/c20-10-7-17(5-1-2-6-17)12-19-16(21)15-11-14(15)13-3-8-18-9-4-13/h13-15,18,20H,1-12H2,(H,19,21)/t14-,15+/m0/s1. The number of nitrogens with one attached hydrogen (secondary N) is 2. The van der Waals surface area contributed by atoms with E-state index >= 15 is 0 Å². The van der Waals surface area contributed by atoms with Crippen LogP contribution in [-0.2, 0) is 4.79 Å². The lowest BCUT2D eigenvalue weighted by Gasteiger charge is -2.28. The third kappa shape index (κ3) is 3.59. The Bertz CT molecular complexity index is 360. The average molecular weight is 294 g/mol. The molecule has 2 atom stereocenters. The molecule has 120 valence electrons. The highest BCUT2D eigenvalue weighted by Crippen LogP contribution is 2.48. The van der Waals surface area contributed by atoms with Gasteiger partial charge in [0.25, 0.3) is 0 Å². The quantitative estimate of drug-likeness (QED) is 0.698. The molecule has 3 rings (SSSR count). The van der Waals surface area contributed by atoms with Crippen LogP contribution in [0.5, 0.6) is 0 Å². The molecule has 4 heteroatoms. The van der Waals surface area contributed by atoms with Gasteiger partial charge in [-0.2, -0.15) is 0 Å². The number of hydrogen-bond donors (Lipinski definition) is 3. The smallest absolute Gasteiger partial charge is 0.223 e. The maximum absolute atomic E-state index is 12.4. The zero-order chi connectivity index (χ0) is 14.7. The highest BCUT2D eigenvalue weighted by Gasteiger charge is 2.47. The van der Waals surface area contributed by atoms with Crippen LogP contribution in [-0.4, -0.2) is 37.3 Å². The number of amides is 1. The van der Waals surface area contributed by atoms with Gasteiger partial charge in [-0.05, 0) is 68.9 Å². The molecule has 2 saturated carbocycles. The lowest BCUT2D eigenvalue weighted by molar-refractivity contribution is -0.123. The highest BCUT2D eigenvalue weighted by molar-refractivity contribution is 5.81. The van der Waals surface area contributed by atoms with E-state index < -0.39 is 0 Å². The van der Waals surface area contributed by atoms with Gasteiger partial charge < -0.3 is 15.7 Å². The molecule has 0 radical (unpaired) electrons. The van der Waals surface area contributed by atoms with Crippen LogP contribution in [0.15, 0.2) is 0 Å². The second-order valence-electron chi connectivity index (χ2n) is 7.49. The molecule has 0 unspecified atom stereocenters. The average Bonchev–Trinajstić information content (AvgIpc) is 3.19. The van der Waals surface area contributed by atoms with Crippen LogP contribution in [0.25, 0.3) is 0 Å². The molecule has 1 saturated heterocycles. The van der Waals surface area contributed by atoms with Gasteiger partial charge in [0.1, 0.15) is 0 Å². The summed E-state index contributed by atoms with van der Waals surface area (Å²) in [6.07, 6.45) is 9.24. The Morgan fingerprint density at radius 2 is 1.95 bits per heavy atom. The molecule has 3 aliphatic rings. The van der Waals surface area contributed by atoms with Crippen LogP contribution >= 0.6 is 0 Å². The minimum Gasteiger partial charge on any atom is -0.396 e. The SMILES string of the molecule is O=C(NCC1(CCO)CCCC1)[C@@H]1C[C@H]1C1CCNCC1. The van der Waals surface area contributed by atoms with E-state index in [1.807, 2.05) is 0 Å². The first-order chi connectivity index (χ1) is 10.2.